The summed E-state index contributed by atoms with van der Waals surface area (Å²) in [7, 11) is 0. The van der Waals surface area contributed by atoms with Crippen molar-refractivity contribution in [3.05, 3.63) is 39.3 Å². The summed E-state index contributed by atoms with van der Waals surface area (Å²) in [6.07, 6.45) is -1.15. The fourth-order valence-corrected chi connectivity index (χ4v) is 0.660. The van der Waals surface area contributed by atoms with E-state index < -0.39 is 17.3 Å². The maximum Gasteiger partial charge on any atom is 0.284 e. The molecule has 0 spiro atoms. The second-order valence-corrected chi connectivity index (χ2v) is 1.95. The highest BCUT2D eigenvalue weighted by Gasteiger charge is 2.11. The molecule has 5 heteroatoms. The van der Waals surface area contributed by atoms with E-state index in [1.54, 1.807) is 0 Å². The van der Waals surface area contributed by atoms with Crippen LogP contribution in [0.4, 0.5) is 5.69 Å². The summed E-state index contributed by atoms with van der Waals surface area (Å²) >= 11 is 0. The Bertz CT molecular complexity index is 381. The molecule has 0 N–H and O–H groups in total. The van der Waals surface area contributed by atoms with E-state index in [2.05, 4.69) is 0 Å². The lowest BCUT2D eigenvalue weighted by Crippen LogP contribution is -2.24. The molecular formula is C6H6N2O3. The van der Waals surface area contributed by atoms with E-state index >= 15 is 0 Å². The van der Waals surface area contributed by atoms with Crippen molar-refractivity contribution in [3.8, 4) is 0 Å². The van der Waals surface area contributed by atoms with Gasteiger partial charge in [-0.25, -0.2) is 0 Å². The quantitative estimate of drug-likeness (QED) is 0.258. The Morgan fingerprint density at radius 1 is 1.82 bits per heavy atom. The molecule has 0 atom stereocenters. The number of hydrogen-bond acceptors (Lipinski definition) is 3. The van der Waals surface area contributed by atoms with Crippen LogP contribution in [-0.4, -0.2) is 4.92 Å². The zero-order valence-corrected chi connectivity index (χ0v) is 5.70. The Labute approximate surface area is 65.4 Å². The summed E-state index contributed by atoms with van der Waals surface area (Å²) in [6, 6.07) is 0.834. The van der Waals surface area contributed by atoms with Crippen LogP contribution in [0.25, 0.3) is 0 Å². The van der Waals surface area contributed by atoms with Gasteiger partial charge < -0.3 is 5.21 Å². The predicted molar refractivity (Wildman–Crippen MR) is 36.8 cm³/mol. The highest BCUT2D eigenvalue weighted by molar-refractivity contribution is 5.34. The molecule has 0 bridgehead atoms. The summed E-state index contributed by atoms with van der Waals surface area (Å²) in [6.45, 7) is 1.30. The molecule has 0 aliphatic carbocycles. The van der Waals surface area contributed by atoms with Crippen molar-refractivity contribution in [2.45, 2.75) is 6.92 Å². The van der Waals surface area contributed by atoms with E-state index in [-0.39, 0.29) is 16.0 Å². The van der Waals surface area contributed by atoms with Crippen molar-refractivity contribution in [2.75, 3.05) is 0 Å². The van der Waals surface area contributed by atoms with Crippen LogP contribution in [0, 0.1) is 22.2 Å². The van der Waals surface area contributed by atoms with Gasteiger partial charge in [-0.2, -0.15) is 4.73 Å². The van der Waals surface area contributed by atoms with Crippen molar-refractivity contribution in [2.24, 2.45) is 0 Å². The Hall–Kier alpha value is -1.65. The molecule has 0 aliphatic heterocycles. The predicted octanol–water partition coefficient (Wildman–Crippen LogP) is 0.537. The van der Waals surface area contributed by atoms with Crippen molar-refractivity contribution >= 4 is 5.69 Å². The highest BCUT2D eigenvalue weighted by atomic mass is 16.6. The van der Waals surface area contributed by atoms with Gasteiger partial charge in [-0.05, 0) is 6.92 Å². The van der Waals surface area contributed by atoms with Crippen LogP contribution >= 0.6 is 0 Å². The molecule has 0 amide bonds. The van der Waals surface area contributed by atoms with Crippen LogP contribution in [-0.2, 0) is 0 Å². The van der Waals surface area contributed by atoms with Crippen molar-refractivity contribution in [3.63, 3.8) is 0 Å². The molecule has 1 rings (SSSR count). The molecule has 1 aromatic rings. The number of aromatic nitrogens is 1. The van der Waals surface area contributed by atoms with E-state index in [9.17, 15) is 15.3 Å². The van der Waals surface area contributed by atoms with Crippen LogP contribution in [0.5, 0.6) is 0 Å². The monoisotopic (exact) mass is 156 g/mol. The molecule has 0 saturated heterocycles. The van der Waals surface area contributed by atoms with Crippen molar-refractivity contribution in [1.29, 1.82) is 0 Å². The summed E-state index contributed by atoms with van der Waals surface area (Å²) in [5.41, 5.74) is -0.405. The van der Waals surface area contributed by atoms with E-state index in [4.69, 9.17) is 2.74 Å². The lowest BCUT2D eigenvalue weighted by Gasteiger charge is -1.96. The number of hydrogen-bond donors (Lipinski definition) is 0. The third-order valence-electron chi connectivity index (χ3n) is 1.17. The highest BCUT2D eigenvalue weighted by Crippen LogP contribution is 2.12. The Balaban J connectivity index is 3.50. The third kappa shape index (κ3) is 1.43. The summed E-state index contributed by atoms with van der Waals surface area (Å²) < 4.78 is 14.2. The Kier molecular flexibility index (Phi) is 1.16. The maximum absolute atomic E-state index is 10.9. The van der Waals surface area contributed by atoms with Crippen LogP contribution in [0.3, 0.4) is 0 Å². The SMILES string of the molecule is [2H]c1cc([N+](=O)[O-])c(C)c([2H])[n+]1[O-]. The second-order valence-electron chi connectivity index (χ2n) is 1.95. The molecule has 0 aliphatic rings. The minimum absolute atomic E-state index is 0.0301. The van der Waals surface area contributed by atoms with Gasteiger partial charge in [0.15, 0.2) is 12.3 Å². The normalized spacial score (nSPS) is 12.1. The fraction of sp³-hybridized carbons (Fsp3) is 0.167. The maximum atomic E-state index is 10.9. The van der Waals surface area contributed by atoms with Gasteiger partial charge in [-0.1, -0.05) is 0 Å². The number of nitro groups is 1. The molecule has 0 aromatic carbocycles. The summed E-state index contributed by atoms with van der Waals surface area (Å²) in [5, 5.41) is 21.2. The van der Waals surface area contributed by atoms with E-state index in [0.29, 0.717) is 0 Å². The topological polar surface area (TPSA) is 70.1 Å². The Morgan fingerprint density at radius 2 is 2.45 bits per heavy atom. The largest absolute Gasteiger partial charge is 0.619 e. The van der Waals surface area contributed by atoms with E-state index in [1.807, 2.05) is 0 Å². The first-order chi connectivity index (χ1) is 5.95. The molecule has 58 valence electrons. The summed E-state index contributed by atoms with van der Waals surface area (Å²) in [4.78, 5) is 9.65. The van der Waals surface area contributed by atoms with Gasteiger partial charge in [-0.15, -0.1) is 0 Å². The third-order valence-corrected chi connectivity index (χ3v) is 1.17. The molecule has 1 heterocycles. The fourth-order valence-electron chi connectivity index (χ4n) is 0.660. The number of rotatable bonds is 1. The van der Waals surface area contributed by atoms with Gasteiger partial charge in [0.05, 0.1) is 16.6 Å². The average Bonchev–Trinajstić information content (AvgIpc) is 2.07. The van der Waals surface area contributed by atoms with Gasteiger partial charge in [0.2, 0.25) is 0 Å². The Morgan fingerprint density at radius 3 is 3.00 bits per heavy atom. The zero-order chi connectivity index (χ0) is 10.2. The van der Waals surface area contributed by atoms with Crippen LogP contribution in [0.1, 0.15) is 8.30 Å². The smallest absolute Gasteiger partial charge is 0.284 e. The van der Waals surface area contributed by atoms with Gasteiger partial charge >= 0.3 is 0 Å². The number of nitrogens with zero attached hydrogens (tertiary/aromatic N) is 2. The molecule has 0 radical (unpaired) electrons. The summed E-state index contributed by atoms with van der Waals surface area (Å²) in [5.74, 6) is 0. The van der Waals surface area contributed by atoms with Crippen LogP contribution in [0.15, 0.2) is 18.4 Å². The first kappa shape index (κ1) is 5.06. The molecule has 0 saturated carbocycles. The molecule has 0 fully saturated rings. The van der Waals surface area contributed by atoms with Gasteiger partial charge in [0.1, 0.15) is 2.74 Å². The van der Waals surface area contributed by atoms with Gasteiger partial charge in [-0.3, -0.25) is 10.1 Å². The minimum atomic E-state index is -0.717. The first-order valence-corrected chi connectivity index (χ1v) is 2.80. The lowest BCUT2D eigenvalue weighted by atomic mass is 10.3. The van der Waals surface area contributed by atoms with Crippen LogP contribution in [0.2, 0.25) is 0 Å². The zero-order valence-electron chi connectivity index (χ0n) is 7.70. The van der Waals surface area contributed by atoms with Crippen LogP contribution < -0.4 is 4.73 Å². The molecule has 11 heavy (non-hydrogen) atoms. The molecular weight excluding hydrogens is 148 g/mol. The second kappa shape index (κ2) is 2.53. The standard InChI is InChI=1S/C6H6N2O3/c1-5-4-7(9)3-2-6(5)8(10)11/h2-4H,1H3/i3D,4D. The lowest BCUT2D eigenvalue weighted by molar-refractivity contribution is -0.606. The number of pyridine rings is 1. The van der Waals surface area contributed by atoms with E-state index in [1.165, 1.54) is 6.92 Å². The molecule has 0 unspecified atom stereocenters. The minimum Gasteiger partial charge on any atom is -0.619 e. The van der Waals surface area contributed by atoms with Crippen molar-refractivity contribution in [1.82, 2.24) is 0 Å². The first-order valence-electron chi connectivity index (χ1n) is 3.80. The molecule has 1 aromatic heterocycles. The molecule has 5 nitrogen and oxygen atoms in total. The van der Waals surface area contributed by atoms with Gasteiger partial charge in [0, 0.05) is 0 Å². The average molecular weight is 156 g/mol. The van der Waals surface area contributed by atoms with E-state index in [0.717, 1.165) is 6.07 Å². The van der Waals surface area contributed by atoms with Crippen molar-refractivity contribution < 1.29 is 12.4 Å². The van der Waals surface area contributed by atoms with Gasteiger partial charge in [0.25, 0.3) is 5.69 Å².